The molecule has 0 radical (unpaired) electrons. The van der Waals surface area contributed by atoms with Crippen LogP contribution < -0.4 is 10.8 Å². The Morgan fingerprint density at radius 2 is 1.65 bits per heavy atom. The quantitative estimate of drug-likeness (QED) is 0.816. The third-order valence-electron chi connectivity index (χ3n) is 4.17. The van der Waals surface area contributed by atoms with Gasteiger partial charge < -0.3 is 19.4 Å². The van der Waals surface area contributed by atoms with E-state index in [2.05, 4.69) is 15.3 Å². The third-order valence-corrected chi connectivity index (χ3v) is 4.17. The highest BCUT2D eigenvalue weighted by Crippen LogP contribution is 2.36. The molecule has 0 aromatic carbocycles. The number of aromatic nitrogens is 2. The van der Waals surface area contributed by atoms with E-state index in [1.54, 1.807) is 12.4 Å². The van der Waals surface area contributed by atoms with Crippen LogP contribution in [0.5, 0.6) is 0 Å². The van der Waals surface area contributed by atoms with Gasteiger partial charge in [0.05, 0.1) is 30.5 Å². The molecule has 0 bridgehead atoms. The van der Waals surface area contributed by atoms with Gasteiger partial charge in [0.1, 0.15) is 0 Å². The lowest BCUT2D eigenvalue weighted by atomic mass is 9.81. The Bertz CT molecular complexity index is 472. The van der Waals surface area contributed by atoms with Crippen molar-refractivity contribution in [3.63, 3.8) is 0 Å². The van der Waals surface area contributed by atoms with Crippen LogP contribution in [0.15, 0.2) is 12.4 Å². The van der Waals surface area contributed by atoms with Crippen molar-refractivity contribution in [3.05, 3.63) is 12.4 Å². The lowest BCUT2D eigenvalue weighted by Crippen LogP contribution is -2.41. The van der Waals surface area contributed by atoms with E-state index >= 15 is 0 Å². The molecule has 0 spiro atoms. The molecule has 0 saturated carbocycles. The SMILES string of the molecule is CC1(C)OB(c2cnc(NC3COC3)nc2)OC1(C)C. The van der Waals surface area contributed by atoms with Crippen molar-refractivity contribution >= 4 is 18.5 Å². The highest BCUT2D eigenvalue weighted by atomic mass is 16.7. The fraction of sp³-hybridized carbons (Fsp3) is 0.692. The summed E-state index contributed by atoms with van der Waals surface area (Å²) in [4.78, 5) is 8.61. The van der Waals surface area contributed by atoms with Gasteiger partial charge in [0.15, 0.2) is 0 Å². The van der Waals surface area contributed by atoms with Crippen LogP contribution in [0.25, 0.3) is 0 Å². The molecule has 108 valence electrons. The van der Waals surface area contributed by atoms with E-state index in [-0.39, 0.29) is 11.2 Å². The van der Waals surface area contributed by atoms with E-state index in [0.29, 0.717) is 25.2 Å². The molecule has 1 aromatic heterocycles. The van der Waals surface area contributed by atoms with Gasteiger partial charge in [0.25, 0.3) is 0 Å². The summed E-state index contributed by atoms with van der Waals surface area (Å²) in [6.07, 6.45) is 3.49. The van der Waals surface area contributed by atoms with Crippen LogP contribution in [0.2, 0.25) is 0 Å². The highest BCUT2D eigenvalue weighted by Gasteiger charge is 2.51. The zero-order chi connectivity index (χ0) is 14.4. The molecule has 2 saturated heterocycles. The normalized spacial score (nSPS) is 24.5. The second kappa shape index (κ2) is 4.68. The second-order valence-electron chi connectivity index (χ2n) is 6.31. The first kappa shape index (κ1) is 13.8. The van der Waals surface area contributed by atoms with E-state index in [9.17, 15) is 0 Å². The first-order valence-electron chi connectivity index (χ1n) is 6.89. The van der Waals surface area contributed by atoms with Crippen LogP contribution in [0, 0.1) is 0 Å². The van der Waals surface area contributed by atoms with Crippen molar-refractivity contribution in [1.29, 1.82) is 0 Å². The van der Waals surface area contributed by atoms with Crippen molar-refractivity contribution < 1.29 is 14.0 Å². The summed E-state index contributed by atoms with van der Waals surface area (Å²) >= 11 is 0. The fourth-order valence-corrected chi connectivity index (χ4v) is 2.02. The zero-order valence-electron chi connectivity index (χ0n) is 12.3. The van der Waals surface area contributed by atoms with Crippen LogP contribution in [-0.2, 0) is 14.0 Å². The first-order valence-corrected chi connectivity index (χ1v) is 6.89. The fourth-order valence-electron chi connectivity index (χ4n) is 2.02. The Hall–Kier alpha value is -1.18. The van der Waals surface area contributed by atoms with Gasteiger partial charge in [-0.05, 0) is 27.7 Å². The maximum absolute atomic E-state index is 5.96. The minimum absolute atomic E-state index is 0.317. The summed E-state index contributed by atoms with van der Waals surface area (Å²) in [5.41, 5.74) is 0.134. The van der Waals surface area contributed by atoms with Gasteiger partial charge in [-0.1, -0.05) is 0 Å². The molecule has 2 aliphatic rings. The standard InChI is InChI=1S/C13H20BN3O3/c1-12(2)13(3,4)20-14(19-12)9-5-15-11(16-6-9)17-10-7-18-8-10/h5-6,10H,7-8H2,1-4H3,(H,15,16,17). The Kier molecular flexibility index (Phi) is 3.23. The highest BCUT2D eigenvalue weighted by molar-refractivity contribution is 6.61. The Morgan fingerprint density at radius 3 is 2.10 bits per heavy atom. The lowest BCUT2D eigenvalue weighted by Gasteiger charge is -2.32. The van der Waals surface area contributed by atoms with Crippen molar-refractivity contribution in [1.82, 2.24) is 9.97 Å². The molecule has 6 nitrogen and oxygen atoms in total. The minimum atomic E-state index is -0.416. The van der Waals surface area contributed by atoms with Gasteiger partial charge in [0.2, 0.25) is 5.95 Å². The van der Waals surface area contributed by atoms with E-state index in [1.807, 2.05) is 27.7 Å². The molecule has 3 heterocycles. The van der Waals surface area contributed by atoms with E-state index in [0.717, 1.165) is 5.46 Å². The number of hydrogen-bond acceptors (Lipinski definition) is 6. The van der Waals surface area contributed by atoms with Gasteiger partial charge in [0, 0.05) is 17.9 Å². The summed E-state index contributed by atoms with van der Waals surface area (Å²) in [5.74, 6) is 0.610. The van der Waals surface area contributed by atoms with Crippen molar-refractivity contribution in [2.75, 3.05) is 18.5 Å². The van der Waals surface area contributed by atoms with E-state index in [4.69, 9.17) is 14.0 Å². The summed E-state index contributed by atoms with van der Waals surface area (Å²) in [5, 5.41) is 3.20. The molecule has 0 atom stereocenters. The van der Waals surface area contributed by atoms with Gasteiger partial charge >= 0.3 is 7.12 Å². The van der Waals surface area contributed by atoms with Crippen LogP contribution in [-0.4, -0.2) is 47.5 Å². The average Bonchev–Trinajstić information content (AvgIpc) is 2.54. The maximum atomic E-state index is 5.96. The summed E-state index contributed by atoms with van der Waals surface area (Å²) in [6.45, 7) is 9.53. The third kappa shape index (κ3) is 2.41. The molecule has 3 rings (SSSR count). The second-order valence-corrected chi connectivity index (χ2v) is 6.31. The van der Waals surface area contributed by atoms with E-state index < -0.39 is 7.12 Å². The Balaban J connectivity index is 1.69. The Labute approximate surface area is 119 Å². The monoisotopic (exact) mass is 277 g/mol. The minimum Gasteiger partial charge on any atom is -0.399 e. The van der Waals surface area contributed by atoms with Crippen molar-refractivity contribution in [3.8, 4) is 0 Å². The van der Waals surface area contributed by atoms with Crippen molar-refractivity contribution in [2.24, 2.45) is 0 Å². The van der Waals surface area contributed by atoms with Crippen LogP contribution in [0.3, 0.4) is 0 Å². The number of rotatable bonds is 3. The molecule has 0 aliphatic carbocycles. The predicted octanol–water partition coefficient (Wildman–Crippen LogP) is 0.586. The largest absolute Gasteiger partial charge is 0.498 e. The molecule has 2 fully saturated rings. The Morgan fingerprint density at radius 1 is 1.10 bits per heavy atom. The van der Waals surface area contributed by atoms with Gasteiger partial charge in [-0.25, -0.2) is 9.97 Å². The molecule has 20 heavy (non-hydrogen) atoms. The molecule has 0 unspecified atom stereocenters. The molecule has 7 heteroatoms. The lowest BCUT2D eigenvalue weighted by molar-refractivity contribution is 0.00578. The molecular formula is C13H20BN3O3. The molecule has 1 aromatic rings. The first-order chi connectivity index (χ1) is 9.37. The van der Waals surface area contributed by atoms with Gasteiger partial charge in [-0.3, -0.25) is 0 Å². The van der Waals surface area contributed by atoms with Crippen molar-refractivity contribution in [2.45, 2.75) is 44.9 Å². The van der Waals surface area contributed by atoms with E-state index in [1.165, 1.54) is 0 Å². The average molecular weight is 277 g/mol. The number of hydrogen-bond donors (Lipinski definition) is 1. The molecule has 0 amide bonds. The van der Waals surface area contributed by atoms with Crippen LogP contribution in [0.1, 0.15) is 27.7 Å². The molecule has 2 aliphatic heterocycles. The number of nitrogens with one attached hydrogen (secondary N) is 1. The summed E-state index contributed by atoms with van der Waals surface area (Å²) in [6, 6.07) is 0.317. The van der Waals surface area contributed by atoms with Gasteiger partial charge in [-0.2, -0.15) is 0 Å². The summed E-state index contributed by atoms with van der Waals surface area (Å²) in [7, 11) is -0.416. The maximum Gasteiger partial charge on any atom is 0.498 e. The van der Waals surface area contributed by atoms with Crippen LogP contribution in [0.4, 0.5) is 5.95 Å². The predicted molar refractivity (Wildman–Crippen MR) is 76.0 cm³/mol. The number of ether oxygens (including phenoxy) is 1. The van der Waals surface area contributed by atoms with Gasteiger partial charge in [-0.15, -0.1) is 0 Å². The zero-order valence-corrected chi connectivity index (χ0v) is 12.3. The van der Waals surface area contributed by atoms with Crippen LogP contribution >= 0.6 is 0 Å². The molecule has 1 N–H and O–H groups in total. The molecular weight excluding hydrogens is 257 g/mol. The topological polar surface area (TPSA) is 65.5 Å². The smallest absolute Gasteiger partial charge is 0.399 e. The summed E-state index contributed by atoms with van der Waals surface area (Å²) < 4.78 is 17.0. The number of anilines is 1. The number of nitrogens with zero attached hydrogens (tertiary/aromatic N) is 2.